The van der Waals surface area contributed by atoms with E-state index in [2.05, 4.69) is 9.98 Å². The highest BCUT2D eigenvalue weighted by Crippen LogP contribution is 2.37. The van der Waals surface area contributed by atoms with E-state index in [1.54, 1.807) is 38.0 Å². The number of rotatable bonds is 0. The molecule has 0 radical (unpaired) electrons. The summed E-state index contributed by atoms with van der Waals surface area (Å²) in [4.78, 5) is 37.1. The van der Waals surface area contributed by atoms with Crippen molar-refractivity contribution < 1.29 is 9.59 Å². The highest BCUT2D eigenvalue weighted by molar-refractivity contribution is 6.34. The Morgan fingerprint density at radius 3 is 1.33 bits per heavy atom. The normalized spacial score (nSPS) is 19.8. The Hall–Kier alpha value is -3.02. The molecule has 4 rings (SSSR count). The molecule has 2 heterocycles. The number of hydrogen-bond donors (Lipinski definition) is 0. The third-order valence-corrected chi connectivity index (χ3v) is 4.77. The van der Waals surface area contributed by atoms with Crippen LogP contribution in [0.1, 0.15) is 31.8 Å². The van der Waals surface area contributed by atoms with Crippen molar-refractivity contribution >= 4 is 34.3 Å². The van der Waals surface area contributed by atoms with Crippen molar-refractivity contribution in [3.63, 3.8) is 0 Å². The molecule has 0 unspecified atom stereocenters. The fourth-order valence-corrected chi connectivity index (χ4v) is 3.68. The van der Waals surface area contributed by atoms with Crippen molar-refractivity contribution in [2.45, 2.75) is 0 Å². The fraction of sp³-hybridized carbons (Fsp3) is 0.222. The molecule has 0 saturated heterocycles. The first-order valence-corrected chi connectivity index (χ1v) is 7.61. The van der Waals surface area contributed by atoms with Gasteiger partial charge in [-0.05, 0) is 24.3 Å². The maximum atomic E-state index is 12.7. The molecule has 0 spiro atoms. The van der Waals surface area contributed by atoms with Crippen molar-refractivity contribution in [3.05, 3.63) is 46.5 Å². The van der Waals surface area contributed by atoms with Gasteiger partial charge in [-0.15, -0.1) is 0 Å². The molecule has 0 saturated carbocycles. The predicted octanol–water partition coefficient (Wildman–Crippen LogP) is 1.76. The second kappa shape index (κ2) is 4.74. The molecule has 0 aromatic heterocycles. The average Bonchev–Trinajstić information content (AvgIpc) is 2.59. The van der Waals surface area contributed by atoms with E-state index in [4.69, 9.17) is 0 Å². The van der Waals surface area contributed by atoms with E-state index < -0.39 is 0 Å². The highest BCUT2D eigenvalue weighted by Gasteiger charge is 2.35. The second-order valence-electron chi connectivity index (χ2n) is 5.89. The van der Waals surface area contributed by atoms with Crippen LogP contribution in [0.2, 0.25) is 0 Å². The standard InChI is InChI=1S/C18H16N4O2/c1-19-15-9-5-7-12-14-10(16(20-2)22(4)18(12)24)6-8-11(13(9)14)17(23)21(15)3/h5-8H,1-4H3. The van der Waals surface area contributed by atoms with Crippen molar-refractivity contribution in [1.82, 2.24) is 9.80 Å². The lowest BCUT2D eigenvalue weighted by molar-refractivity contribution is 0.0859. The number of hydrogen-bond acceptors (Lipinski definition) is 4. The summed E-state index contributed by atoms with van der Waals surface area (Å²) in [7, 11) is 6.75. The van der Waals surface area contributed by atoms with Crippen LogP contribution in [-0.4, -0.2) is 61.5 Å². The summed E-state index contributed by atoms with van der Waals surface area (Å²) >= 11 is 0. The summed E-state index contributed by atoms with van der Waals surface area (Å²) in [5, 5.41) is 1.58. The van der Waals surface area contributed by atoms with Gasteiger partial charge in [0.2, 0.25) is 0 Å². The molecule has 0 aliphatic carbocycles. The molecular weight excluding hydrogens is 304 g/mol. The SMILES string of the molecule is CN=C1c2ccc3c4c(ccc(c24)C(=O)N1C)C(=NC)N(C)C3=O. The lowest BCUT2D eigenvalue weighted by Gasteiger charge is -2.32. The number of amidine groups is 2. The third-order valence-electron chi connectivity index (χ3n) is 4.77. The van der Waals surface area contributed by atoms with Crippen LogP contribution in [0.5, 0.6) is 0 Å². The predicted molar refractivity (Wildman–Crippen MR) is 93.1 cm³/mol. The number of aliphatic imine (C=N–C) groups is 2. The summed E-state index contributed by atoms with van der Waals surface area (Å²) in [6.45, 7) is 0. The molecule has 2 aromatic rings. The monoisotopic (exact) mass is 320 g/mol. The first-order valence-electron chi connectivity index (χ1n) is 7.61. The van der Waals surface area contributed by atoms with E-state index in [1.165, 1.54) is 0 Å². The Morgan fingerprint density at radius 1 is 0.667 bits per heavy atom. The van der Waals surface area contributed by atoms with Gasteiger partial charge in [-0.1, -0.05) is 0 Å². The molecule has 0 N–H and O–H groups in total. The minimum atomic E-state index is -0.117. The zero-order valence-corrected chi connectivity index (χ0v) is 13.9. The smallest absolute Gasteiger partial charge is 0.259 e. The van der Waals surface area contributed by atoms with Crippen LogP contribution in [-0.2, 0) is 0 Å². The number of amides is 2. The molecule has 2 aromatic carbocycles. The summed E-state index contributed by atoms with van der Waals surface area (Å²) in [6, 6.07) is 7.36. The molecule has 0 bridgehead atoms. The zero-order chi connectivity index (χ0) is 17.2. The highest BCUT2D eigenvalue weighted by atomic mass is 16.2. The summed E-state index contributed by atoms with van der Waals surface area (Å²) in [5.74, 6) is 0.983. The topological polar surface area (TPSA) is 65.3 Å². The lowest BCUT2D eigenvalue weighted by atomic mass is 9.86. The maximum absolute atomic E-state index is 12.7. The first-order chi connectivity index (χ1) is 11.5. The number of carbonyl (C=O) groups is 2. The van der Waals surface area contributed by atoms with E-state index in [0.717, 1.165) is 21.9 Å². The van der Waals surface area contributed by atoms with Crippen LogP contribution in [0.4, 0.5) is 0 Å². The largest absolute Gasteiger partial charge is 0.296 e. The number of carbonyl (C=O) groups excluding carboxylic acids is 2. The first kappa shape index (κ1) is 14.6. The Morgan fingerprint density at radius 2 is 1.00 bits per heavy atom. The molecule has 2 aliphatic heterocycles. The second-order valence-corrected chi connectivity index (χ2v) is 5.89. The third kappa shape index (κ3) is 1.55. The number of nitrogens with zero attached hydrogens (tertiary/aromatic N) is 4. The Labute approximate surface area is 139 Å². The van der Waals surface area contributed by atoms with Crippen LogP contribution in [0.3, 0.4) is 0 Å². The molecule has 24 heavy (non-hydrogen) atoms. The van der Waals surface area contributed by atoms with E-state index >= 15 is 0 Å². The van der Waals surface area contributed by atoms with Crippen LogP contribution >= 0.6 is 0 Å². The lowest BCUT2D eigenvalue weighted by Crippen LogP contribution is -2.41. The molecular formula is C18H16N4O2. The molecule has 2 amide bonds. The Kier molecular flexibility index (Phi) is 2.87. The minimum absolute atomic E-state index is 0.117. The van der Waals surface area contributed by atoms with Crippen molar-refractivity contribution in [2.24, 2.45) is 9.98 Å². The van der Waals surface area contributed by atoms with Crippen LogP contribution in [0, 0.1) is 0 Å². The van der Waals surface area contributed by atoms with Crippen molar-refractivity contribution in [1.29, 1.82) is 0 Å². The van der Waals surface area contributed by atoms with E-state index in [-0.39, 0.29) is 11.8 Å². The van der Waals surface area contributed by atoms with Gasteiger partial charge in [0.25, 0.3) is 11.8 Å². The zero-order valence-electron chi connectivity index (χ0n) is 13.9. The van der Waals surface area contributed by atoms with Gasteiger partial charge in [-0.2, -0.15) is 0 Å². The van der Waals surface area contributed by atoms with Crippen molar-refractivity contribution in [2.75, 3.05) is 28.2 Å². The van der Waals surface area contributed by atoms with Gasteiger partial charge >= 0.3 is 0 Å². The fourth-order valence-electron chi connectivity index (χ4n) is 3.68. The summed E-state index contributed by atoms with van der Waals surface area (Å²) in [6.07, 6.45) is 0. The van der Waals surface area contributed by atoms with Crippen molar-refractivity contribution in [3.8, 4) is 0 Å². The summed E-state index contributed by atoms with van der Waals surface area (Å²) < 4.78 is 0. The molecule has 6 nitrogen and oxygen atoms in total. The molecule has 0 atom stereocenters. The molecule has 120 valence electrons. The van der Waals surface area contributed by atoms with Gasteiger partial charge in [0.15, 0.2) is 0 Å². The van der Waals surface area contributed by atoms with Gasteiger partial charge in [0.1, 0.15) is 11.7 Å². The number of benzene rings is 2. The van der Waals surface area contributed by atoms with Gasteiger partial charge in [0.05, 0.1) is 0 Å². The minimum Gasteiger partial charge on any atom is -0.296 e. The maximum Gasteiger partial charge on any atom is 0.259 e. The van der Waals surface area contributed by atoms with E-state index in [0.29, 0.717) is 22.8 Å². The Bertz CT molecular complexity index is 922. The van der Waals surface area contributed by atoms with Crippen LogP contribution in [0.15, 0.2) is 34.3 Å². The van der Waals surface area contributed by atoms with E-state index in [1.807, 2.05) is 24.3 Å². The van der Waals surface area contributed by atoms with Gasteiger partial charge in [-0.3, -0.25) is 29.4 Å². The molecule has 6 heteroatoms. The molecule has 2 aliphatic rings. The quantitative estimate of drug-likeness (QED) is 0.742. The van der Waals surface area contributed by atoms with Gasteiger partial charge in [-0.25, -0.2) is 0 Å². The average molecular weight is 320 g/mol. The van der Waals surface area contributed by atoms with Gasteiger partial charge in [0, 0.05) is 61.2 Å². The van der Waals surface area contributed by atoms with Crippen LogP contribution in [0.25, 0.3) is 10.8 Å². The summed E-state index contributed by atoms with van der Waals surface area (Å²) in [5.41, 5.74) is 2.91. The van der Waals surface area contributed by atoms with Gasteiger partial charge < -0.3 is 0 Å². The Balaban J connectivity index is 2.23. The van der Waals surface area contributed by atoms with E-state index in [9.17, 15) is 9.59 Å². The molecule has 0 fully saturated rings. The van der Waals surface area contributed by atoms with Crippen LogP contribution < -0.4 is 0 Å².